The highest BCUT2D eigenvalue weighted by Crippen LogP contribution is 2.19. The maximum Gasteiger partial charge on any atom is 0.135 e. The van der Waals surface area contributed by atoms with Crippen LogP contribution < -0.4 is 0 Å². The van der Waals surface area contributed by atoms with Gasteiger partial charge in [0.1, 0.15) is 5.58 Å². The highest BCUT2D eigenvalue weighted by molar-refractivity contribution is 5.85. The summed E-state index contributed by atoms with van der Waals surface area (Å²) in [6.45, 7) is 3.70. The Hall–Kier alpha value is -1.50. The highest BCUT2D eigenvalue weighted by Gasteiger charge is 1.98. The Bertz CT molecular complexity index is 384. The van der Waals surface area contributed by atoms with Crippen LogP contribution in [-0.4, -0.2) is 0 Å². The van der Waals surface area contributed by atoms with Crippen molar-refractivity contribution in [2.75, 3.05) is 0 Å². The van der Waals surface area contributed by atoms with Gasteiger partial charge in [-0.05, 0) is 11.6 Å². The average Bonchev–Trinajstić information content (AvgIpc) is 2.50. The van der Waals surface area contributed by atoms with Crippen LogP contribution >= 0.6 is 0 Å². The van der Waals surface area contributed by atoms with E-state index in [0.717, 1.165) is 16.5 Å². The van der Waals surface area contributed by atoms with Gasteiger partial charge in [0.2, 0.25) is 0 Å². The minimum absolute atomic E-state index is 0.863. The minimum atomic E-state index is 0.863. The average molecular weight is 143 g/mol. The molecule has 0 saturated heterocycles. The molecule has 0 aliphatic carbocycles. The quantitative estimate of drug-likeness (QED) is 0.598. The zero-order chi connectivity index (χ0) is 7.68. The van der Waals surface area contributed by atoms with E-state index >= 15 is 0 Å². The lowest BCUT2D eigenvalue weighted by atomic mass is 10.1. The summed E-state index contributed by atoms with van der Waals surface area (Å²) in [7, 11) is 0. The predicted molar refractivity (Wildman–Crippen MR) is 45.1 cm³/mol. The molecule has 1 aromatic heterocycles. The van der Waals surface area contributed by atoms with Crippen LogP contribution in [0.3, 0.4) is 0 Å². The summed E-state index contributed by atoms with van der Waals surface area (Å²) in [5, 5.41) is 1.00. The van der Waals surface area contributed by atoms with E-state index in [1.54, 1.807) is 12.3 Å². The van der Waals surface area contributed by atoms with Gasteiger partial charge in [0.15, 0.2) is 0 Å². The van der Waals surface area contributed by atoms with Gasteiger partial charge in [-0.15, -0.1) is 0 Å². The first kappa shape index (κ1) is 6.23. The first-order valence-corrected chi connectivity index (χ1v) is 3.42. The van der Waals surface area contributed by atoms with Crippen LogP contribution in [0.5, 0.6) is 0 Å². The van der Waals surface area contributed by atoms with E-state index in [9.17, 15) is 0 Å². The molecule has 0 unspecified atom stereocenters. The summed E-state index contributed by atoms with van der Waals surface area (Å²) < 4.78 is 5.16. The third kappa shape index (κ3) is 0.855. The highest BCUT2D eigenvalue weighted by atomic mass is 16.3. The fraction of sp³-hybridized carbons (Fsp3) is 0. The lowest BCUT2D eigenvalue weighted by Gasteiger charge is -1.91. The number of fused-ring (bicyclic) bond motifs is 1. The van der Waals surface area contributed by atoms with Gasteiger partial charge in [-0.1, -0.05) is 24.8 Å². The number of benzene rings is 1. The van der Waals surface area contributed by atoms with Gasteiger partial charge in [0, 0.05) is 11.5 Å². The van der Waals surface area contributed by atoms with E-state index in [-0.39, 0.29) is 0 Å². The second-order valence-corrected chi connectivity index (χ2v) is 2.30. The SMILES string of the molecule is C=Cc1cccc2oc[c]c12. The summed E-state index contributed by atoms with van der Waals surface area (Å²) >= 11 is 0. The van der Waals surface area contributed by atoms with Crippen LogP contribution in [0.25, 0.3) is 17.0 Å². The number of furan rings is 1. The molecule has 1 aromatic carbocycles. The maximum atomic E-state index is 5.16. The zero-order valence-corrected chi connectivity index (χ0v) is 6.00. The van der Waals surface area contributed by atoms with E-state index in [1.807, 2.05) is 18.2 Å². The van der Waals surface area contributed by atoms with Crippen molar-refractivity contribution >= 4 is 17.0 Å². The summed E-state index contributed by atoms with van der Waals surface area (Å²) in [4.78, 5) is 0. The van der Waals surface area contributed by atoms with Crippen molar-refractivity contribution in [3.63, 3.8) is 0 Å². The Balaban J connectivity index is 2.88. The van der Waals surface area contributed by atoms with Crippen LogP contribution in [0.2, 0.25) is 0 Å². The van der Waals surface area contributed by atoms with Gasteiger partial charge in [-0.3, -0.25) is 0 Å². The summed E-state index contributed by atoms with van der Waals surface area (Å²) in [5.41, 5.74) is 1.93. The lowest BCUT2D eigenvalue weighted by molar-refractivity contribution is 0.615. The molecule has 1 radical (unpaired) electrons. The van der Waals surface area contributed by atoms with Crippen LogP contribution in [0.15, 0.2) is 35.5 Å². The number of hydrogen-bond acceptors (Lipinski definition) is 1. The van der Waals surface area contributed by atoms with Crippen LogP contribution in [-0.2, 0) is 0 Å². The molecule has 0 aliphatic heterocycles. The largest absolute Gasteiger partial charge is 0.464 e. The van der Waals surface area contributed by atoms with Crippen molar-refractivity contribution in [1.82, 2.24) is 0 Å². The molecule has 2 rings (SSSR count). The zero-order valence-electron chi connectivity index (χ0n) is 6.00. The number of rotatable bonds is 1. The molecular formula is C10H7O. The van der Waals surface area contributed by atoms with Gasteiger partial charge in [-0.2, -0.15) is 0 Å². The van der Waals surface area contributed by atoms with Crippen molar-refractivity contribution in [2.24, 2.45) is 0 Å². The smallest absolute Gasteiger partial charge is 0.135 e. The molecule has 0 atom stereocenters. The Kier molecular flexibility index (Phi) is 1.29. The van der Waals surface area contributed by atoms with Crippen LogP contribution in [0.1, 0.15) is 5.56 Å². The van der Waals surface area contributed by atoms with Crippen molar-refractivity contribution < 1.29 is 4.42 Å². The maximum absolute atomic E-state index is 5.16. The molecule has 1 heterocycles. The predicted octanol–water partition coefficient (Wildman–Crippen LogP) is 2.88. The van der Waals surface area contributed by atoms with E-state index in [2.05, 4.69) is 12.6 Å². The molecule has 1 nitrogen and oxygen atoms in total. The first-order chi connectivity index (χ1) is 5.42. The van der Waals surface area contributed by atoms with Crippen molar-refractivity contribution in [3.8, 4) is 0 Å². The molecule has 11 heavy (non-hydrogen) atoms. The topological polar surface area (TPSA) is 13.1 Å². The van der Waals surface area contributed by atoms with E-state index in [1.165, 1.54) is 0 Å². The van der Waals surface area contributed by atoms with Crippen molar-refractivity contribution in [3.05, 3.63) is 42.7 Å². The Morgan fingerprint density at radius 3 is 3.18 bits per heavy atom. The fourth-order valence-corrected chi connectivity index (χ4v) is 1.12. The fourth-order valence-electron chi connectivity index (χ4n) is 1.12. The minimum Gasteiger partial charge on any atom is -0.464 e. The van der Waals surface area contributed by atoms with E-state index in [4.69, 9.17) is 4.42 Å². The summed E-state index contributed by atoms with van der Waals surface area (Å²) in [5.74, 6) is 0. The molecule has 0 amide bonds. The molecule has 0 aliphatic rings. The van der Waals surface area contributed by atoms with Gasteiger partial charge in [-0.25, -0.2) is 0 Å². The van der Waals surface area contributed by atoms with Gasteiger partial charge < -0.3 is 4.42 Å². The van der Waals surface area contributed by atoms with E-state index in [0.29, 0.717) is 0 Å². The summed E-state index contributed by atoms with van der Waals surface area (Å²) in [6, 6.07) is 8.85. The Morgan fingerprint density at radius 2 is 2.36 bits per heavy atom. The third-order valence-corrected chi connectivity index (χ3v) is 1.67. The summed E-state index contributed by atoms with van der Waals surface area (Å²) in [6.07, 6.45) is 3.37. The third-order valence-electron chi connectivity index (χ3n) is 1.67. The second-order valence-electron chi connectivity index (χ2n) is 2.30. The lowest BCUT2D eigenvalue weighted by Crippen LogP contribution is -1.70. The van der Waals surface area contributed by atoms with Crippen LogP contribution in [0, 0.1) is 6.07 Å². The monoisotopic (exact) mass is 143 g/mol. The molecule has 0 spiro atoms. The molecule has 0 N–H and O–H groups in total. The molecular weight excluding hydrogens is 136 g/mol. The van der Waals surface area contributed by atoms with Crippen molar-refractivity contribution in [1.29, 1.82) is 0 Å². The van der Waals surface area contributed by atoms with Gasteiger partial charge >= 0.3 is 0 Å². The molecule has 1 heteroatoms. The van der Waals surface area contributed by atoms with E-state index < -0.39 is 0 Å². The number of hydrogen-bond donors (Lipinski definition) is 0. The second kappa shape index (κ2) is 2.27. The standard InChI is InChI=1S/C10H7O/c1-2-8-4-3-5-10-9(8)6-7-11-10/h2-5,7H,1H2. The molecule has 2 aromatic rings. The molecule has 0 saturated carbocycles. The Morgan fingerprint density at radius 1 is 1.45 bits per heavy atom. The normalized spacial score (nSPS) is 10.2. The molecule has 0 fully saturated rings. The molecule has 53 valence electrons. The van der Waals surface area contributed by atoms with Crippen LogP contribution in [0.4, 0.5) is 0 Å². The first-order valence-electron chi connectivity index (χ1n) is 3.42. The molecule has 0 bridgehead atoms. The van der Waals surface area contributed by atoms with Gasteiger partial charge in [0.05, 0.1) is 6.26 Å². The van der Waals surface area contributed by atoms with Crippen molar-refractivity contribution in [2.45, 2.75) is 0 Å². The van der Waals surface area contributed by atoms with Gasteiger partial charge in [0.25, 0.3) is 0 Å². The Labute approximate surface area is 64.9 Å².